The van der Waals surface area contributed by atoms with Crippen molar-refractivity contribution in [2.75, 3.05) is 19.6 Å². The predicted molar refractivity (Wildman–Crippen MR) is 79.8 cm³/mol. The van der Waals surface area contributed by atoms with Gasteiger partial charge in [0, 0.05) is 19.1 Å². The lowest BCUT2D eigenvalue weighted by atomic mass is 10.0. The van der Waals surface area contributed by atoms with Crippen LogP contribution in [0.2, 0.25) is 0 Å². The summed E-state index contributed by atoms with van der Waals surface area (Å²) in [5, 5.41) is 0. The molecule has 0 aliphatic carbocycles. The van der Waals surface area contributed by atoms with Gasteiger partial charge >= 0.3 is 0 Å². The molecule has 1 aromatic carbocycles. The Morgan fingerprint density at radius 2 is 1.61 bits per heavy atom. The smallest absolute Gasteiger partial charge is 0.0424 e. The third-order valence-electron chi connectivity index (χ3n) is 3.20. The molecule has 2 N–H and O–H groups in total. The number of hydrogen-bond acceptors (Lipinski definition) is 2. The van der Waals surface area contributed by atoms with E-state index in [4.69, 9.17) is 5.73 Å². The fourth-order valence-electron chi connectivity index (χ4n) is 2.46. The molecular formula is C16H28N2. The van der Waals surface area contributed by atoms with Crippen molar-refractivity contribution in [2.45, 2.75) is 40.7 Å². The van der Waals surface area contributed by atoms with Gasteiger partial charge < -0.3 is 10.6 Å². The van der Waals surface area contributed by atoms with Crippen LogP contribution in [0, 0.1) is 19.8 Å². The van der Waals surface area contributed by atoms with E-state index >= 15 is 0 Å². The number of likely N-dealkylation sites (N-methyl/N-ethyl adjacent to an activating group) is 1. The average molecular weight is 248 g/mol. The molecule has 0 spiro atoms. The minimum atomic E-state index is 0.113. The molecule has 2 heteroatoms. The normalized spacial score (nSPS) is 13.3. The Morgan fingerprint density at radius 1 is 1.06 bits per heavy atom. The zero-order valence-corrected chi connectivity index (χ0v) is 12.5. The van der Waals surface area contributed by atoms with Crippen molar-refractivity contribution < 1.29 is 0 Å². The SMILES string of the molecule is CCN(CC(C)C)CC(N)c1cc(C)cc(C)c1. The molecule has 1 unspecified atom stereocenters. The van der Waals surface area contributed by atoms with E-state index in [-0.39, 0.29) is 6.04 Å². The average Bonchev–Trinajstić information content (AvgIpc) is 2.26. The van der Waals surface area contributed by atoms with Gasteiger partial charge in [-0.05, 0) is 31.9 Å². The van der Waals surface area contributed by atoms with Crippen LogP contribution in [0.25, 0.3) is 0 Å². The fourth-order valence-corrected chi connectivity index (χ4v) is 2.46. The predicted octanol–water partition coefficient (Wildman–Crippen LogP) is 3.28. The Kier molecular flexibility index (Phi) is 5.83. The van der Waals surface area contributed by atoms with Crippen LogP contribution in [0.1, 0.15) is 43.5 Å². The van der Waals surface area contributed by atoms with Crippen LogP contribution in [0.3, 0.4) is 0 Å². The van der Waals surface area contributed by atoms with E-state index in [2.05, 4.69) is 57.7 Å². The van der Waals surface area contributed by atoms with Gasteiger partial charge in [0.1, 0.15) is 0 Å². The van der Waals surface area contributed by atoms with Gasteiger partial charge in [-0.1, -0.05) is 50.1 Å². The summed E-state index contributed by atoms with van der Waals surface area (Å²) in [6, 6.07) is 6.73. The van der Waals surface area contributed by atoms with Gasteiger partial charge in [-0.2, -0.15) is 0 Å². The molecule has 0 bridgehead atoms. The number of hydrogen-bond donors (Lipinski definition) is 1. The van der Waals surface area contributed by atoms with E-state index in [1.807, 2.05) is 0 Å². The Bertz CT molecular complexity index is 351. The van der Waals surface area contributed by atoms with Crippen LogP contribution < -0.4 is 5.73 Å². The number of nitrogens with zero attached hydrogens (tertiary/aromatic N) is 1. The van der Waals surface area contributed by atoms with Crippen molar-refractivity contribution in [3.8, 4) is 0 Å². The van der Waals surface area contributed by atoms with Crippen LogP contribution in [0.15, 0.2) is 18.2 Å². The first-order chi connectivity index (χ1) is 8.42. The van der Waals surface area contributed by atoms with Crippen molar-refractivity contribution in [3.63, 3.8) is 0 Å². The van der Waals surface area contributed by atoms with Crippen molar-refractivity contribution >= 4 is 0 Å². The van der Waals surface area contributed by atoms with Crippen molar-refractivity contribution in [2.24, 2.45) is 11.7 Å². The van der Waals surface area contributed by atoms with Gasteiger partial charge in [-0.25, -0.2) is 0 Å². The molecule has 0 saturated carbocycles. The summed E-state index contributed by atoms with van der Waals surface area (Å²) in [7, 11) is 0. The van der Waals surface area contributed by atoms with E-state index in [0.717, 1.165) is 19.6 Å². The molecule has 102 valence electrons. The molecule has 1 atom stereocenters. The summed E-state index contributed by atoms with van der Waals surface area (Å²) in [5.41, 5.74) is 10.2. The molecule has 0 fully saturated rings. The molecule has 1 rings (SSSR count). The van der Waals surface area contributed by atoms with E-state index in [1.165, 1.54) is 16.7 Å². The summed E-state index contributed by atoms with van der Waals surface area (Å²) in [6.07, 6.45) is 0. The highest BCUT2D eigenvalue weighted by atomic mass is 15.1. The topological polar surface area (TPSA) is 29.3 Å². The molecule has 0 radical (unpaired) electrons. The van der Waals surface area contributed by atoms with Gasteiger partial charge in [0.2, 0.25) is 0 Å². The minimum Gasteiger partial charge on any atom is -0.323 e. The maximum absolute atomic E-state index is 6.34. The lowest BCUT2D eigenvalue weighted by Crippen LogP contribution is -2.34. The summed E-state index contributed by atoms with van der Waals surface area (Å²) < 4.78 is 0. The molecule has 0 heterocycles. The second kappa shape index (κ2) is 6.91. The third-order valence-corrected chi connectivity index (χ3v) is 3.20. The zero-order valence-electron chi connectivity index (χ0n) is 12.5. The third kappa shape index (κ3) is 4.79. The highest BCUT2D eigenvalue weighted by Gasteiger charge is 2.12. The summed E-state index contributed by atoms with van der Waals surface area (Å²) in [6.45, 7) is 14.1. The van der Waals surface area contributed by atoms with Crippen molar-refractivity contribution in [3.05, 3.63) is 34.9 Å². The molecule has 18 heavy (non-hydrogen) atoms. The van der Waals surface area contributed by atoms with Gasteiger partial charge in [0.25, 0.3) is 0 Å². The molecule has 0 aromatic heterocycles. The van der Waals surface area contributed by atoms with Crippen LogP contribution >= 0.6 is 0 Å². The van der Waals surface area contributed by atoms with Crippen LogP contribution in [0.5, 0.6) is 0 Å². The summed E-state index contributed by atoms with van der Waals surface area (Å²) >= 11 is 0. The van der Waals surface area contributed by atoms with Crippen LogP contribution in [-0.2, 0) is 0 Å². The minimum absolute atomic E-state index is 0.113. The molecule has 0 amide bonds. The lowest BCUT2D eigenvalue weighted by molar-refractivity contribution is 0.242. The number of aryl methyl sites for hydroxylation is 2. The molecule has 0 aliphatic heterocycles. The summed E-state index contributed by atoms with van der Waals surface area (Å²) in [4.78, 5) is 2.44. The molecule has 0 aliphatic rings. The van der Waals surface area contributed by atoms with Crippen LogP contribution in [0.4, 0.5) is 0 Å². The van der Waals surface area contributed by atoms with E-state index < -0.39 is 0 Å². The monoisotopic (exact) mass is 248 g/mol. The Hall–Kier alpha value is -0.860. The van der Waals surface area contributed by atoms with Crippen molar-refractivity contribution in [1.82, 2.24) is 4.90 Å². The van der Waals surface area contributed by atoms with Gasteiger partial charge in [-0.15, -0.1) is 0 Å². The van der Waals surface area contributed by atoms with E-state index in [9.17, 15) is 0 Å². The fraction of sp³-hybridized carbons (Fsp3) is 0.625. The zero-order chi connectivity index (χ0) is 13.7. The van der Waals surface area contributed by atoms with E-state index in [0.29, 0.717) is 5.92 Å². The molecule has 0 saturated heterocycles. The maximum atomic E-state index is 6.34. The Balaban J connectivity index is 2.71. The quantitative estimate of drug-likeness (QED) is 0.837. The lowest BCUT2D eigenvalue weighted by Gasteiger charge is -2.26. The number of nitrogens with two attached hydrogens (primary N) is 1. The van der Waals surface area contributed by atoms with Gasteiger partial charge in [0.05, 0.1) is 0 Å². The summed E-state index contributed by atoms with van der Waals surface area (Å²) in [5.74, 6) is 0.691. The van der Waals surface area contributed by atoms with Gasteiger partial charge in [-0.3, -0.25) is 0 Å². The molecule has 2 nitrogen and oxygen atoms in total. The van der Waals surface area contributed by atoms with Gasteiger partial charge in [0.15, 0.2) is 0 Å². The van der Waals surface area contributed by atoms with Crippen LogP contribution in [-0.4, -0.2) is 24.5 Å². The first kappa shape index (κ1) is 15.2. The molecule has 1 aromatic rings. The number of benzene rings is 1. The largest absolute Gasteiger partial charge is 0.323 e. The highest BCUT2D eigenvalue weighted by Crippen LogP contribution is 2.16. The molecular weight excluding hydrogens is 220 g/mol. The highest BCUT2D eigenvalue weighted by molar-refractivity contribution is 5.30. The Labute approximate surface area is 112 Å². The van der Waals surface area contributed by atoms with E-state index in [1.54, 1.807) is 0 Å². The number of rotatable bonds is 6. The first-order valence-electron chi connectivity index (χ1n) is 6.98. The Morgan fingerprint density at radius 3 is 2.06 bits per heavy atom. The second-order valence-electron chi connectivity index (χ2n) is 5.77. The second-order valence-corrected chi connectivity index (χ2v) is 5.77. The first-order valence-corrected chi connectivity index (χ1v) is 6.98. The maximum Gasteiger partial charge on any atom is 0.0424 e. The standard InChI is InChI=1S/C16H28N2/c1-6-18(10-12(2)3)11-16(17)15-8-13(4)7-14(5)9-15/h7-9,12,16H,6,10-11,17H2,1-5H3. The van der Waals surface area contributed by atoms with Crippen molar-refractivity contribution in [1.29, 1.82) is 0 Å².